The number of carboxylic acid groups (broad SMARTS) is 1. The van der Waals surface area contributed by atoms with Crippen molar-refractivity contribution in [3.63, 3.8) is 0 Å². The Bertz CT molecular complexity index is 148. The van der Waals surface area contributed by atoms with Crippen molar-refractivity contribution in [2.75, 3.05) is 0 Å². The second kappa shape index (κ2) is 4.48. The Kier molecular flexibility index (Phi) is 3.57. The maximum absolute atomic E-state index is 10.5. The van der Waals surface area contributed by atoms with Crippen molar-refractivity contribution in [1.29, 1.82) is 0 Å². The van der Waals surface area contributed by atoms with E-state index in [2.05, 4.69) is 6.92 Å². The molecule has 1 saturated carbocycles. The number of rotatable bonds is 5. The van der Waals surface area contributed by atoms with Gasteiger partial charge in [0.1, 0.15) is 0 Å². The van der Waals surface area contributed by atoms with Crippen molar-refractivity contribution in [2.24, 2.45) is 11.8 Å². The van der Waals surface area contributed by atoms with Crippen LogP contribution in [0.5, 0.6) is 0 Å². The zero-order chi connectivity index (χ0) is 8.97. The van der Waals surface area contributed by atoms with E-state index in [1.54, 1.807) is 0 Å². The minimum atomic E-state index is -0.596. The van der Waals surface area contributed by atoms with Crippen LogP contribution in [0.4, 0.5) is 0 Å². The van der Waals surface area contributed by atoms with Gasteiger partial charge in [-0.05, 0) is 18.8 Å². The number of hydrogen-bond donors (Lipinski definition) is 1. The third-order valence-corrected chi connectivity index (χ3v) is 2.80. The van der Waals surface area contributed by atoms with Gasteiger partial charge in [0.2, 0.25) is 0 Å². The van der Waals surface area contributed by atoms with Gasteiger partial charge in [0.25, 0.3) is 0 Å². The molecule has 0 heterocycles. The molecule has 0 aromatic carbocycles. The molecule has 0 radical (unpaired) electrons. The topological polar surface area (TPSA) is 37.3 Å². The Morgan fingerprint density at radius 3 is 2.58 bits per heavy atom. The Hall–Kier alpha value is -0.530. The molecule has 0 bridgehead atoms. The van der Waals surface area contributed by atoms with E-state index in [0.717, 1.165) is 18.8 Å². The first kappa shape index (κ1) is 9.56. The highest BCUT2D eigenvalue weighted by Gasteiger charge is 2.33. The van der Waals surface area contributed by atoms with E-state index in [-0.39, 0.29) is 5.92 Å². The van der Waals surface area contributed by atoms with Crippen molar-refractivity contribution in [3.05, 3.63) is 0 Å². The van der Waals surface area contributed by atoms with E-state index in [1.165, 1.54) is 25.7 Å². The normalized spacial score (nSPS) is 28.1. The van der Waals surface area contributed by atoms with Crippen LogP contribution in [0.25, 0.3) is 0 Å². The monoisotopic (exact) mass is 170 g/mol. The standard InChI is InChI=1S/C10H18O2/c1-2-3-4-5-8-6-9(7-8)10(11)12/h8-9H,2-7H2,1H3,(H,11,12). The Balaban J connectivity index is 1.98. The molecule has 0 amide bonds. The van der Waals surface area contributed by atoms with Gasteiger partial charge < -0.3 is 5.11 Å². The average molecular weight is 170 g/mol. The van der Waals surface area contributed by atoms with Gasteiger partial charge in [-0.15, -0.1) is 0 Å². The van der Waals surface area contributed by atoms with E-state index < -0.39 is 5.97 Å². The molecule has 2 heteroatoms. The van der Waals surface area contributed by atoms with Crippen molar-refractivity contribution in [2.45, 2.75) is 45.4 Å². The zero-order valence-electron chi connectivity index (χ0n) is 7.75. The number of carboxylic acids is 1. The molecule has 0 unspecified atom stereocenters. The maximum atomic E-state index is 10.5. The summed E-state index contributed by atoms with van der Waals surface area (Å²) in [5, 5.41) is 8.62. The molecule has 0 aromatic rings. The average Bonchev–Trinajstić information content (AvgIpc) is 1.93. The molecule has 0 spiro atoms. The highest BCUT2D eigenvalue weighted by atomic mass is 16.4. The fourth-order valence-electron chi connectivity index (χ4n) is 1.86. The molecule has 1 aliphatic rings. The maximum Gasteiger partial charge on any atom is 0.306 e. The zero-order valence-corrected chi connectivity index (χ0v) is 7.75. The molecule has 1 N–H and O–H groups in total. The van der Waals surface area contributed by atoms with Crippen molar-refractivity contribution in [1.82, 2.24) is 0 Å². The lowest BCUT2D eigenvalue weighted by atomic mass is 9.72. The van der Waals surface area contributed by atoms with Gasteiger partial charge in [0, 0.05) is 0 Å². The predicted octanol–water partition coefficient (Wildman–Crippen LogP) is 2.68. The summed E-state index contributed by atoms with van der Waals surface area (Å²) in [4.78, 5) is 10.5. The number of hydrogen-bond acceptors (Lipinski definition) is 1. The Morgan fingerprint density at radius 2 is 2.08 bits per heavy atom. The smallest absolute Gasteiger partial charge is 0.306 e. The van der Waals surface area contributed by atoms with Gasteiger partial charge in [0.05, 0.1) is 5.92 Å². The van der Waals surface area contributed by atoms with E-state index in [9.17, 15) is 4.79 Å². The molecule has 0 saturated heterocycles. The molecule has 1 fully saturated rings. The van der Waals surface area contributed by atoms with E-state index in [0.29, 0.717) is 0 Å². The highest BCUT2D eigenvalue weighted by Crippen LogP contribution is 2.37. The number of carbonyl (C=O) groups is 1. The van der Waals surface area contributed by atoms with Gasteiger partial charge >= 0.3 is 5.97 Å². The lowest BCUT2D eigenvalue weighted by Crippen LogP contribution is -2.30. The summed E-state index contributed by atoms with van der Waals surface area (Å²) in [5.74, 6) is 0.107. The second-order valence-electron chi connectivity index (χ2n) is 3.87. The quantitative estimate of drug-likeness (QED) is 0.644. The molecule has 70 valence electrons. The molecular weight excluding hydrogens is 152 g/mol. The summed E-state index contributed by atoms with van der Waals surface area (Å²) in [6.07, 6.45) is 6.95. The molecule has 0 aliphatic heterocycles. The largest absolute Gasteiger partial charge is 0.481 e. The molecule has 1 rings (SSSR count). The van der Waals surface area contributed by atoms with Crippen LogP contribution in [0, 0.1) is 11.8 Å². The predicted molar refractivity (Wildman–Crippen MR) is 48.0 cm³/mol. The van der Waals surface area contributed by atoms with Gasteiger partial charge in [0.15, 0.2) is 0 Å². The number of unbranched alkanes of at least 4 members (excludes halogenated alkanes) is 2. The summed E-state index contributed by atoms with van der Waals surface area (Å²) in [7, 11) is 0. The lowest BCUT2D eigenvalue weighted by molar-refractivity contribution is -0.146. The highest BCUT2D eigenvalue weighted by molar-refractivity contribution is 5.71. The van der Waals surface area contributed by atoms with Gasteiger partial charge in [-0.3, -0.25) is 4.79 Å². The summed E-state index contributed by atoms with van der Waals surface area (Å²) in [5.41, 5.74) is 0. The first-order valence-corrected chi connectivity index (χ1v) is 4.96. The van der Waals surface area contributed by atoms with E-state index >= 15 is 0 Å². The van der Waals surface area contributed by atoms with Crippen LogP contribution in [0.1, 0.15) is 45.4 Å². The van der Waals surface area contributed by atoms with Crippen molar-refractivity contribution in [3.8, 4) is 0 Å². The van der Waals surface area contributed by atoms with Crippen LogP contribution in [-0.4, -0.2) is 11.1 Å². The van der Waals surface area contributed by atoms with Crippen molar-refractivity contribution >= 4 is 5.97 Å². The summed E-state index contributed by atoms with van der Waals surface area (Å²) in [6.45, 7) is 2.20. The summed E-state index contributed by atoms with van der Waals surface area (Å²) >= 11 is 0. The molecule has 0 aromatic heterocycles. The molecular formula is C10H18O2. The van der Waals surface area contributed by atoms with Crippen LogP contribution in [0.15, 0.2) is 0 Å². The van der Waals surface area contributed by atoms with E-state index in [4.69, 9.17) is 5.11 Å². The molecule has 12 heavy (non-hydrogen) atoms. The fourth-order valence-corrected chi connectivity index (χ4v) is 1.86. The SMILES string of the molecule is CCCCCC1CC(C(=O)O)C1. The first-order chi connectivity index (χ1) is 5.74. The molecule has 0 atom stereocenters. The number of aliphatic carboxylic acids is 1. The van der Waals surface area contributed by atoms with Crippen LogP contribution in [0.2, 0.25) is 0 Å². The summed E-state index contributed by atoms with van der Waals surface area (Å²) < 4.78 is 0. The lowest BCUT2D eigenvalue weighted by Gasteiger charge is -2.32. The second-order valence-corrected chi connectivity index (χ2v) is 3.87. The Morgan fingerprint density at radius 1 is 1.42 bits per heavy atom. The third-order valence-electron chi connectivity index (χ3n) is 2.80. The van der Waals surface area contributed by atoms with Crippen LogP contribution >= 0.6 is 0 Å². The minimum Gasteiger partial charge on any atom is -0.481 e. The van der Waals surface area contributed by atoms with E-state index in [1.807, 2.05) is 0 Å². The van der Waals surface area contributed by atoms with Gasteiger partial charge in [-0.25, -0.2) is 0 Å². The fraction of sp³-hybridized carbons (Fsp3) is 0.900. The summed E-state index contributed by atoms with van der Waals surface area (Å²) in [6, 6.07) is 0. The molecule has 1 aliphatic carbocycles. The van der Waals surface area contributed by atoms with Crippen LogP contribution in [-0.2, 0) is 4.79 Å². The van der Waals surface area contributed by atoms with Crippen LogP contribution in [0.3, 0.4) is 0 Å². The molecule has 2 nitrogen and oxygen atoms in total. The minimum absolute atomic E-state index is 0.0170. The third kappa shape index (κ3) is 2.50. The van der Waals surface area contributed by atoms with Crippen molar-refractivity contribution < 1.29 is 9.90 Å². The van der Waals surface area contributed by atoms with Gasteiger partial charge in [-0.2, -0.15) is 0 Å². The first-order valence-electron chi connectivity index (χ1n) is 4.96. The Labute approximate surface area is 74.0 Å². The van der Waals surface area contributed by atoms with Crippen LogP contribution < -0.4 is 0 Å². The van der Waals surface area contributed by atoms with Gasteiger partial charge in [-0.1, -0.05) is 32.6 Å².